The first kappa shape index (κ1) is 20.0. The molecule has 0 unspecified atom stereocenters. The van der Waals surface area contributed by atoms with Crippen molar-refractivity contribution in [2.24, 2.45) is 0 Å². The zero-order valence-electron chi connectivity index (χ0n) is 14.2. The van der Waals surface area contributed by atoms with Gasteiger partial charge in [-0.05, 0) is 58.0 Å². The van der Waals surface area contributed by atoms with Crippen molar-refractivity contribution in [2.75, 3.05) is 21.3 Å². The summed E-state index contributed by atoms with van der Waals surface area (Å²) < 4.78 is 16.9. The molecule has 0 spiro atoms. The molecule has 112 valence electrons. The summed E-state index contributed by atoms with van der Waals surface area (Å²) in [5.41, 5.74) is 2.17. The maximum absolute atomic E-state index is 5.36. The van der Waals surface area contributed by atoms with Crippen LogP contribution in [-0.4, -0.2) is 21.3 Å². The molecule has 0 fully saturated rings. The molecule has 0 heterocycles. The molecule has 3 nitrogen and oxygen atoms in total. The smallest absolute Gasteiger partial charge is 1.00 e. The van der Waals surface area contributed by atoms with Crippen molar-refractivity contribution in [3.8, 4) is 17.2 Å². The predicted molar refractivity (Wildman–Crippen MR) is 95.3 cm³/mol. The molecule has 0 bridgehead atoms. The number of ether oxygens (including phenoxy) is 3. The van der Waals surface area contributed by atoms with Crippen LogP contribution in [0.15, 0.2) is 36.4 Å². The van der Waals surface area contributed by atoms with Crippen LogP contribution in [0.3, 0.4) is 0 Å². The fraction of sp³-hybridized carbons (Fsp3) is 0.176. The van der Waals surface area contributed by atoms with Gasteiger partial charge in [0.15, 0.2) is 11.5 Å². The molecular weight excluding hydrogens is 418 g/mol. The van der Waals surface area contributed by atoms with Crippen molar-refractivity contribution in [2.45, 2.75) is 0 Å². The molecule has 2 rings (SSSR count). The largest absolute Gasteiger partial charge is 1.00 e. The van der Waals surface area contributed by atoms with E-state index in [-0.39, 0.29) is 52.8 Å². The Morgan fingerprint density at radius 1 is 0.864 bits per heavy atom. The summed E-state index contributed by atoms with van der Waals surface area (Å²) >= 11 is 2.24. The van der Waals surface area contributed by atoms with Gasteiger partial charge in [-0.25, -0.2) is 0 Å². The maximum atomic E-state index is 5.36. The number of hydrogen-bond donors (Lipinski definition) is 0. The molecule has 2 aromatic rings. The summed E-state index contributed by atoms with van der Waals surface area (Å²) in [4.78, 5) is 0. The SMILES string of the molecule is COc1ccc(/C=C\c2cc(I)c(OC)c(OC)c2)cc1.[H-].[K+]. The zero-order valence-corrected chi connectivity index (χ0v) is 18.5. The first-order valence-corrected chi connectivity index (χ1v) is 7.49. The third kappa shape index (κ3) is 5.25. The second-order valence-corrected chi connectivity index (χ2v) is 5.51. The Labute approximate surface area is 189 Å². The number of hydrogen-bond acceptors (Lipinski definition) is 3. The Kier molecular flexibility index (Phi) is 9.04. The standard InChI is InChI=1S/C17H17IO3.K.H/c1-19-14-8-6-12(7-9-14)4-5-13-10-15(18)17(21-3)16(11-13)20-2;;/h4-11H,1-3H3;;/q;+1;-1/b5-4-;;. The molecule has 0 N–H and O–H groups in total. The Balaban J connectivity index is 0.00000242. The summed E-state index contributed by atoms with van der Waals surface area (Å²) in [5.74, 6) is 2.35. The Hall–Kier alpha value is -0.0536. The van der Waals surface area contributed by atoms with Crippen LogP contribution in [-0.2, 0) is 0 Å². The number of halogens is 1. The van der Waals surface area contributed by atoms with E-state index in [1.807, 2.05) is 36.4 Å². The second-order valence-electron chi connectivity index (χ2n) is 4.34. The van der Waals surface area contributed by atoms with Gasteiger partial charge in [-0.15, -0.1) is 0 Å². The number of methoxy groups -OCH3 is 3. The molecule has 0 aliphatic heterocycles. The summed E-state index contributed by atoms with van der Waals surface area (Å²) in [5, 5.41) is 0. The van der Waals surface area contributed by atoms with Crippen molar-refractivity contribution in [3.05, 3.63) is 51.1 Å². The van der Waals surface area contributed by atoms with Gasteiger partial charge in [0.25, 0.3) is 0 Å². The van der Waals surface area contributed by atoms with Crippen molar-refractivity contribution in [1.82, 2.24) is 0 Å². The van der Waals surface area contributed by atoms with Gasteiger partial charge in [0, 0.05) is 0 Å². The molecule has 0 atom stereocenters. The van der Waals surface area contributed by atoms with Crippen LogP contribution in [0.25, 0.3) is 12.2 Å². The van der Waals surface area contributed by atoms with E-state index in [0.717, 1.165) is 31.9 Å². The van der Waals surface area contributed by atoms with Crippen molar-refractivity contribution < 1.29 is 67.0 Å². The average molecular weight is 436 g/mol. The first-order valence-electron chi connectivity index (χ1n) is 6.41. The third-order valence-corrected chi connectivity index (χ3v) is 3.84. The van der Waals surface area contributed by atoms with Crippen LogP contribution >= 0.6 is 22.6 Å². The van der Waals surface area contributed by atoms with E-state index in [1.165, 1.54) is 0 Å². The Morgan fingerprint density at radius 3 is 2.05 bits per heavy atom. The van der Waals surface area contributed by atoms with Crippen molar-refractivity contribution >= 4 is 34.7 Å². The van der Waals surface area contributed by atoms with E-state index >= 15 is 0 Å². The predicted octanol–water partition coefficient (Wildman–Crippen LogP) is 1.60. The van der Waals surface area contributed by atoms with E-state index in [0.29, 0.717) is 0 Å². The molecule has 0 aliphatic carbocycles. The topological polar surface area (TPSA) is 27.7 Å². The van der Waals surface area contributed by atoms with Gasteiger partial charge in [-0.3, -0.25) is 0 Å². The van der Waals surface area contributed by atoms with Gasteiger partial charge in [0.1, 0.15) is 5.75 Å². The van der Waals surface area contributed by atoms with Crippen LogP contribution in [0.2, 0.25) is 0 Å². The van der Waals surface area contributed by atoms with Gasteiger partial charge < -0.3 is 15.6 Å². The molecule has 0 aromatic heterocycles. The second kappa shape index (κ2) is 9.95. The van der Waals surface area contributed by atoms with Gasteiger partial charge in [0.05, 0.1) is 24.9 Å². The maximum Gasteiger partial charge on any atom is 1.00 e. The van der Waals surface area contributed by atoms with Gasteiger partial charge in [0.2, 0.25) is 0 Å². The van der Waals surface area contributed by atoms with Crippen LogP contribution in [0.4, 0.5) is 0 Å². The first-order chi connectivity index (χ1) is 10.2. The van der Waals surface area contributed by atoms with E-state index in [4.69, 9.17) is 14.2 Å². The summed E-state index contributed by atoms with van der Waals surface area (Å²) in [6.45, 7) is 0. The fourth-order valence-electron chi connectivity index (χ4n) is 1.94. The molecule has 22 heavy (non-hydrogen) atoms. The molecular formula is C17H18IKO3. The van der Waals surface area contributed by atoms with Crippen LogP contribution in [0, 0.1) is 3.57 Å². The molecule has 0 aliphatic rings. The van der Waals surface area contributed by atoms with E-state index in [2.05, 4.69) is 34.7 Å². The fourth-order valence-corrected chi connectivity index (χ4v) is 2.79. The number of rotatable bonds is 5. The van der Waals surface area contributed by atoms with Crippen LogP contribution < -0.4 is 65.6 Å². The Morgan fingerprint density at radius 2 is 1.50 bits per heavy atom. The average Bonchev–Trinajstić information content (AvgIpc) is 2.52. The minimum absolute atomic E-state index is 0. The van der Waals surface area contributed by atoms with E-state index in [1.54, 1.807) is 21.3 Å². The van der Waals surface area contributed by atoms with E-state index in [9.17, 15) is 0 Å². The quantitative estimate of drug-likeness (QED) is 0.405. The van der Waals surface area contributed by atoms with E-state index < -0.39 is 0 Å². The normalized spacial score (nSPS) is 10.2. The molecule has 0 saturated carbocycles. The van der Waals surface area contributed by atoms with Gasteiger partial charge in [-0.1, -0.05) is 24.3 Å². The molecule has 2 aromatic carbocycles. The minimum atomic E-state index is 0. The molecule has 5 heteroatoms. The summed E-state index contributed by atoms with van der Waals surface area (Å²) in [6.07, 6.45) is 4.10. The number of benzene rings is 2. The van der Waals surface area contributed by atoms with Crippen molar-refractivity contribution in [3.63, 3.8) is 0 Å². The molecule has 0 radical (unpaired) electrons. The monoisotopic (exact) mass is 436 g/mol. The molecule has 0 saturated heterocycles. The zero-order chi connectivity index (χ0) is 15.2. The van der Waals surface area contributed by atoms with Gasteiger partial charge in [-0.2, -0.15) is 0 Å². The minimum Gasteiger partial charge on any atom is -1.00 e. The molecule has 0 amide bonds. The van der Waals surface area contributed by atoms with Crippen molar-refractivity contribution in [1.29, 1.82) is 0 Å². The third-order valence-electron chi connectivity index (χ3n) is 3.04. The summed E-state index contributed by atoms with van der Waals surface area (Å²) in [6, 6.07) is 11.9. The van der Waals surface area contributed by atoms with Crippen LogP contribution in [0.5, 0.6) is 17.2 Å². The van der Waals surface area contributed by atoms with Crippen LogP contribution in [0.1, 0.15) is 12.6 Å². The van der Waals surface area contributed by atoms with Gasteiger partial charge >= 0.3 is 51.4 Å². The summed E-state index contributed by atoms with van der Waals surface area (Å²) in [7, 11) is 4.95. The Bertz CT molecular complexity index is 645.